The molecule has 0 unspecified atom stereocenters. The van der Waals surface area contributed by atoms with Crippen molar-refractivity contribution in [3.05, 3.63) is 48.8 Å². The number of imidazole rings is 1. The van der Waals surface area contributed by atoms with Crippen LogP contribution >= 0.6 is 12.6 Å². The molecule has 0 aliphatic rings. The number of rotatable bonds is 1. The zero-order chi connectivity index (χ0) is 11.0. The molecule has 3 aromatic rings. The SMILES string of the molecule is Sc1ccc2ccccc2c1-c1ncc[nH]1. The van der Waals surface area contributed by atoms with Crippen molar-refractivity contribution in [2.24, 2.45) is 0 Å². The molecule has 0 saturated heterocycles. The van der Waals surface area contributed by atoms with Crippen LogP contribution in [0.4, 0.5) is 0 Å². The highest BCUT2D eigenvalue weighted by Crippen LogP contribution is 2.31. The summed E-state index contributed by atoms with van der Waals surface area (Å²) in [6.45, 7) is 0. The maximum atomic E-state index is 4.50. The van der Waals surface area contributed by atoms with Gasteiger partial charge in [0.25, 0.3) is 0 Å². The van der Waals surface area contributed by atoms with Crippen LogP contribution in [-0.2, 0) is 0 Å². The van der Waals surface area contributed by atoms with Gasteiger partial charge in [-0.1, -0.05) is 30.3 Å². The Morgan fingerprint density at radius 3 is 2.75 bits per heavy atom. The Hall–Kier alpha value is -1.74. The molecule has 1 heterocycles. The normalized spacial score (nSPS) is 10.8. The monoisotopic (exact) mass is 226 g/mol. The number of aromatic nitrogens is 2. The minimum Gasteiger partial charge on any atom is -0.345 e. The molecule has 0 fully saturated rings. The average Bonchev–Trinajstić information content (AvgIpc) is 2.82. The highest BCUT2D eigenvalue weighted by molar-refractivity contribution is 7.80. The molecule has 0 aliphatic carbocycles. The van der Waals surface area contributed by atoms with E-state index in [0.29, 0.717) is 0 Å². The lowest BCUT2D eigenvalue weighted by Gasteiger charge is -2.06. The van der Waals surface area contributed by atoms with E-state index >= 15 is 0 Å². The third kappa shape index (κ3) is 1.41. The van der Waals surface area contributed by atoms with Crippen LogP contribution in [0, 0.1) is 0 Å². The van der Waals surface area contributed by atoms with Gasteiger partial charge in [-0.3, -0.25) is 0 Å². The lowest BCUT2D eigenvalue weighted by molar-refractivity contribution is 1.29. The fourth-order valence-electron chi connectivity index (χ4n) is 1.91. The van der Waals surface area contributed by atoms with Gasteiger partial charge in [0.1, 0.15) is 5.82 Å². The highest BCUT2D eigenvalue weighted by Gasteiger charge is 2.08. The molecule has 0 radical (unpaired) electrons. The van der Waals surface area contributed by atoms with Gasteiger partial charge in [0, 0.05) is 22.9 Å². The van der Waals surface area contributed by atoms with Gasteiger partial charge < -0.3 is 4.98 Å². The molecule has 0 bridgehead atoms. The van der Waals surface area contributed by atoms with E-state index in [-0.39, 0.29) is 0 Å². The van der Waals surface area contributed by atoms with Crippen LogP contribution in [-0.4, -0.2) is 9.97 Å². The van der Waals surface area contributed by atoms with Crippen LogP contribution < -0.4 is 0 Å². The number of benzene rings is 2. The van der Waals surface area contributed by atoms with E-state index in [2.05, 4.69) is 40.8 Å². The molecular weight excluding hydrogens is 216 g/mol. The van der Waals surface area contributed by atoms with E-state index in [1.807, 2.05) is 24.4 Å². The summed E-state index contributed by atoms with van der Waals surface area (Å²) in [7, 11) is 0. The molecule has 0 saturated carbocycles. The van der Waals surface area contributed by atoms with E-state index in [1.165, 1.54) is 10.8 Å². The first-order valence-electron chi connectivity index (χ1n) is 5.07. The van der Waals surface area contributed by atoms with E-state index in [0.717, 1.165) is 16.3 Å². The fourth-order valence-corrected chi connectivity index (χ4v) is 2.21. The van der Waals surface area contributed by atoms with Crippen LogP contribution in [0.25, 0.3) is 22.2 Å². The zero-order valence-electron chi connectivity index (χ0n) is 8.51. The van der Waals surface area contributed by atoms with Crippen LogP contribution in [0.1, 0.15) is 0 Å². The van der Waals surface area contributed by atoms with Gasteiger partial charge in [-0.25, -0.2) is 4.98 Å². The Kier molecular flexibility index (Phi) is 2.18. The van der Waals surface area contributed by atoms with Crippen LogP contribution in [0.3, 0.4) is 0 Å². The molecule has 0 atom stereocenters. The molecular formula is C13H10N2S. The van der Waals surface area contributed by atoms with E-state index in [9.17, 15) is 0 Å². The number of nitrogens with zero attached hydrogens (tertiary/aromatic N) is 1. The van der Waals surface area contributed by atoms with Gasteiger partial charge in [0.2, 0.25) is 0 Å². The summed E-state index contributed by atoms with van der Waals surface area (Å²) in [6.07, 6.45) is 3.58. The summed E-state index contributed by atoms with van der Waals surface area (Å²) in [4.78, 5) is 8.36. The van der Waals surface area contributed by atoms with Gasteiger partial charge in [0.05, 0.1) is 0 Å². The van der Waals surface area contributed by atoms with Gasteiger partial charge in [0.15, 0.2) is 0 Å². The summed E-state index contributed by atoms with van der Waals surface area (Å²) in [6, 6.07) is 12.3. The van der Waals surface area contributed by atoms with Crippen LogP contribution in [0.15, 0.2) is 53.7 Å². The standard InChI is InChI=1S/C13H10N2S/c16-11-6-5-9-3-1-2-4-10(9)12(11)13-14-7-8-15-13/h1-8,16H,(H,14,15). The molecule has 1 N–H and O–H groups in total. The van der Waals surface area contributed by atoms with Gasteiger partial charge in [-0.2, -0.15) is 0 Å². The first kappa shape index (κ1) is 9.48. The second-order valence-corrected chi connectivity index (χ2v) is 4.10. The highest BCUT2D eigenvalue weighted by atomic mass is 32.1. The maximum absolute atomic E-state index is 4.50. The number of nitrogens with one attached hydrogen (secondary N) is 1. The van der Waals surface area contributed by atoms with Crippen molar-refractivity contribution in [2.75, 3.05) is 0 Å². The molecule has 3 heteroatoms. The van der Waals surface area contributed by atoms with E-state index < -0.39 is 0 Å². The summed E-state index contributed by atoms with van der Waals surface area (Å²) in [5, 5.41) is 2.37. The van der Waals surface area contributed by atoms with Crippen molar-refractivity contribution in [2.45, 2.75) is 4.90 Å². The Bertz CT molecular complexity index is 629. The number of H-pyrrole nitrogens is 1. The van der Waals surface area contributed by atoms with E-state index in [4.69, 9.17) is 0 Å². The molecule has 2 nitrogen and oxygen atoms in total. The molecule has 16 heavy (non-hydrogen) atoms. The first-order valence-corrected chi connectivity index (χ1v) is 5.51. The number of fused-ring (bicyclic) bond motifs is 1. The first-order chi connectivity index (χ1) is 7.86. The minimum absolute atomic E-state index is 0.863. The lowest BCUT2D eigenvalue weighted by atomic mass is 10.0. The molecule has 0 spiro atoms. The molecule has 3 rings (SSSR count). The Morgan fingerprint density at radius 2 is 1.94 bits per heavy atom. The Morgan fingerprint density at radius 1 is 1.06 bits per heavy atom. The van der Waals surface area contributed by atoms with Gasteiger partial charge >= 0.3 is 0 Å². The van der Waals surface area contributed by atoms with Crippen molar-refractivity contribution in [3.63, 3.8) is 0 Å². The summed E-state index contributed by atoms with van der Waals surface area (Å²) < 4.78 is 0. The van der Waals surface area contributed by atoms with E-state index in [1.54, 1.807) is 6.20 Å². The largest absolute Gasteiger partial charge is 0.345 e. The van der Waals surface area contributed by atoms with Crippen molar-refractivity contribution in [1.29, 1.82) is 0 Å². The predicted octanol–water partition coefficient (Wildman–Crippen LogP) is 3.52. The second kappa shape index (κ2) is 3.68. The molecule has 2 aromatic carbocycles. The summed E-state index contributed by atoms with van der Waals surface area (Å²) in [5.74, 6) is 0.863. The fraction of sp³-hybridized carbons (Fsp3) is 0. The minimum atomic E-state index is 0.863. The summed E-state index contributed by atoms with van der Waals surface area (Å²) in [5.41, 5.74) is 1.06. The Labute approximate surface area is 98.8 Å². The van der Waals surface area contributed by atoms with Gasteiger partial charge in [-0.05, 0) is 16.8 Å². The van der Waals surface area contributed by atoms with Crippen molar-refractivity contribution >= 4 is 23.4 Å². The number of hydrogen-bond acceptors (Lipinski definition) is 2. The third-order valence-corrected chi connectivity index (χ3v) is 3.01. The smallest absolute Gasteiger partial charge is 0.139 e. The number of hydrogen-bond donors (Lipinski definition) is 2. The quantitative estimate of drug-likeness (QED) is 0.611. The molecule has 0 amide bonds. The predicted molar refractivity (Wildman–Crippen MR) is 68.8 cm³/mol. The molecule has 78 valence electrons. The summed E-state index contributed by atoms with van der Waals surface area (Å²) >= 11 is 4.50. The second-order valence-electron chi connectivity index (χ2n) is 3.62. The van der Waals surface area contributed by atoms with Crippen LogP contribution in [0.2, 0.25) is 0 Å². The average molecular weight is 226 g/mol. The Balaban J connectivity index is 2.42. The maximum Gasteiger partial charge on any atom is 0.139 e. The van der Waals surface area contributed by atoms with Crippen molar-refractivity contribution in [3.8, 4) is 11.4 Å². The number of aromatic amines is 1. The molecule has 0 aliphatic heterocycles. The lowest BCUT2D eigenvalue weighted by Crippen LogP contribution is -1.85. The van der Waals surface area contributed by atoms with Gasteiger partial charge in [-0.15, -0.1) is 12.6 Å². The van der Waals surface area contributed by atoms with Crippen molar-refractivity contribution in [1.82, 2.24) is 9.97 Å². The molecule has 1 aromatic heterocycles. The topological polar surface area (TPSA) is 28.7 Å². The van der Waals surface area contributed by atoms with Crippen molar-refractivity contribution < 1.29 is 0 Å². The third-order valence-electron chi connectivity index (χ3n) is 2.64. The zero-order valence-corrected chi connectivity index (χ0v) is 9.41. The van der Waals surface area contributed by atoms with Crippen LogP contribution in [0.5, 0.6) is 0 Å². The number of thiol groups is 1.